The monoisotopic (exact) mass is 421 g/mol. The second kappa shape index (κ2) is 8.17. The molecule has 0 atom stereocenters. The van der Waals surface area contributed by atoms with Gasteiger partial charge in [-0.2, -0.15) is 0 Å². The number of esters is 1. The Morgan fingerprint density at radius 3 is 2.44 bits per heavy atom. The minimum Gasteiger partial charge on any atom is -0.427 e. The van der Waals surface area contributed by atoms with Gasteiger partial charge in [-0.3, -0.25) is 19.3 Å². The van der Waals surface area contributed by atoms with Gasteiger partial charge in [0.15, 0.2) is 0 Å². The van der Waals surface area contributed by atoms with Crippen LogP contribution in [0.2, 0.25) is 10.0 Å². The third kappa shape index (κ3) is 4.71. The molecule has 0 saturated carbocycles. The highest BCUT2D eigenvalue weighted by molar-refractivity contribution is 8.18. The van der Waals surface area contributed by atoms with Gasteiger partial charge in [0.05, 0.1) is 21.5 Å². The third-order valence-electron chi connectivity index (χ3n) is 3.64. The van der Waals surface area contributed by atoms with E-state index in [1.54, 1.807) is 48.5 Å². The molecule has 2 aromatic rings. The van der Waals surface area contributed by atoms with Crippen LogP contribution < -0.4 is 4.74 Å². The highest BCUT2D eigenvalue weighted by Gasteiger charge is 2.35. The van der Waals surface area contributed by atoms with Gasteiger partial charge in [0.1, 0.15) is 5.75 Å². The molecule has 1 saturated heterocycles. The lowest BCUT2D eigenvalue weighted by molar-refractivity contribution is -0.131. The Morgan fingerprint density at radius 1 is 1.11 bits per heavy atom. The van der Waals surface area contributed by atoms with Crippen LogP contribution in [0.15, 0.2) is 47.4 Å². The van der Waals surface area contributed by atoms with Gasteiger partial charge in [-0.25, -0.2) is 0 Å². The summed E-state index contributed by atoms with van der Waals surface area (Å²) in [6.45, 7) is 1.43. The molecule has 1 heterocycles. The molecule has 0 N–H and O–H groups in total. The summed E-state index contributed by atoms with van der Waals surface area (Å²) in [6.07, 6.45) is 1.62. The van der Waals surface area contributed by atoms with Crippen LogP contribution in [-0.4, -0.2) is 22.0 Å². The molecular formula is C19H13Cl2NO4S. The highest BCUT2D eigenvalue weighted by atomic mass is 35.5. The van der Waals surface area contributed by atoms with Crippen LogP contribution in [0.4, 0.5) is 4.79 Å². The number of rotatable bonds is 4. The van der Waals surface area contributed by atoms with Crippen LogP contribution in [0.25, 0.3) is 6.08 Å². The fourth-order valence-corrected chi connectivity index (χ4v) is 3.57. The number of ether oxygens (including phenoxy) is 1. The largest absolute Gasteiger partial charge is 0.427 e. The van der Waals surface area contributed by atoms with Crippen LogP contribution in [0.1, 0.15) is 18.1 Å². The molecule has 2 amide bonds. The fraction of sp³-hybridized carbons (Fsp3) is 0.105. The lowest BCUT2D eigenvalue weighted by Crippen LogP contribution is -2.27. The van der Waals surface area contributed by atoms with Crippen LogP contribution in [-0.2, 0) is 16.1 Å². The number of carbonyl (C=O) groups excluding carboxylic acids is 3. The van der Waals surface area contributed by atoms with Gasteiger partial charge in [0, 0.05) is 6.92 Å². The number of halogens is 2. The summed E-state index contributed by atoms with van der Waals surface area (Å²) >= 11 is 12.7. The van der Waals surface area contributed by atoms with E-state index in [2.05, 4.69) is 0 Å². The molecular weight excluding hydrogens is 409 g/mol. The van der Waals surface area contributed by atoms with Gasteiger partial charge in [0.2, 0.25) is 0 Å². The first-order chi connectivity index (χ1) is 12.8. The average molecular weight is 422 g/mol. The Morgan fingerprint density at radius 2 is 1.81 bits per heavy atom. The van der Waals surface area contributed by atoms with Gasteiger partial charge in [0.25, 0.3) is 11.1 Å². The topological polar surface area (TPSA) is 63.7 Å². The minimum atomic E-state index is -0.411. The second-order valence-electron chi connectivity index (χ2n) is 5.68. The lowest BCUT2D eigenvalue weighted by Gasteiger charge is -2.12. The standard InChI is InChI=1S/C19H13Cl2NO4S/c1-11(23)26-14-5-2-12(3-6-14)9-17-18(24)22(19(25)27-17)10-13-4-7-15(20)16(21)8-13/h2-9H,10H2,1H3/b17-9-. The number of carbonyl (C=O) groups is 3. The summed E-state index contributed by atoms with van der Waals surface area (Å²) < 4.78 is 4.96. The Balaban J connectivity index is 1.75. The molecule has 0 aliphatic carbocycles. The van der Waals surface area contributed by atoms with Crippen LogP contribution >= 0.6 is 35.0 Å². The summed E-state index contributed by atoms with van der Waals surface area (Å²) in [6, 6.07) is 11.6. The molecule has 1 aliphatic heterocycles. The summed E-state index contributed by atoms with van der Waals surface area (Å²) in [7, 11) is 0. The normalized spacial score (nSPS) is 15.5. The molecule has 27 heavy (non-hydrogen) atoms. The minimum absolute atomic E-state index is 0.115. The summed E-state index contributed by atoms with van der Waals surface area (Å²) in [5, 5.41) is 0.421. The zero-order valence-corrected chi connectivity index (χ0v) is 16.4. The Bertz CT molecular complexity index is 957. The Hall–Kier alpha value is -2.28. The summed E-state index contributed by atoms with van der Waals surface area (Å²) in [4.78, 5) is 37.2. The second-order valence-corrected chi connectivity index (χ2v) is 7.49. The lowest BCUT2D eigenvalue weighted by atomic mass is 10.2. The average Bonchev–Trinajstić information content (AvgIpc) is 2.87. The van der Waals surface area contributed by atoms with Crippen molar-refractivity contribution < 1.29 is 19.1 Å². The van der Waals surface area contributed by atoms with E-state index < -0.39 is 5.97 Å². The zero-order valence-electron chi connectivity index (χ0n) is 14.1. The van der Waals surface area contributed by atoms with Crippen molar-refractivity contribution in [1.29, 1.82) is 0 Å². The van der Waals surface area contributed by atoms with Crippen molar-refractivity contribution in [2.75, 3.05) is 0 Å². The van der Waals surface area contributed by atoms with Gasteiger partial charge in [-0.05, 0) is 53.2 Å². The van der Waals surface area contributed by atoms with Crippen molar-refractivity contribution in [3.63, 3.8) is 0 Å². The van der Waals surface area contributed by atoms with E-state index in [-0.39, 0.29) is 17.7 Å². The first-order valence-electron chi connectivity index (χ1n) is 7.81. The first-order valence-corrected chi connectivity index (χ1v) is 9.38. The van der Waals surface area contributed by atoms with Gasteiger partial charge in [-0.1, -0.05) is 41.4 Å². The first kappa shape index (κ1) is 19.5. The van der Waals surface area contributed by atoms with E-state index in [1.165, 1.54) is 6.92 Å². The van der Waals surface area contributed by atoms with E-state index in [0.29, 0.717) is 31.8 Å². The number of nitrogens with zero attached hydrogens (tertiary/aromatic N) is 1. The number of imide groups is 1. The Kier molecular flexibility index (Phi) is 5.89. The van der Waals surface area contributed by atoms with Crippen molar-refractivity contribution in [3.8, 4) is 5.75 Å². The number of hydrogen-bond donors (Lipinski definition) is 0. The number of benzene rings is 2. The molecule has 5 nitrogen and oxygen atoms in total. The van der Waals surface area contributed by atoms with Gasteiger partial charge < -0.3 is 4.74 Å². The van der Waals surface area contributed by atoms with E-state index in [4.69, 9.17) is 27.9 Å². The third-order valence-corrected chi connectivity index (χ3v) is 5.28. The molecule has 2 aromatic carbocycles. The molecule has 0 radical (unpaired) electrons. The SMILES string of the molecule is CC(=O)Oc1ccc(/C=C2\SC(=O)N(Cc3ccc(Cl)c(Cl)c3)C2=O)cc1. The molecule has 3 rings (SSSR count). The van der Waals surface area contributed by atoms with E-state index in [9.17, 15) is 14.4 Å². The summed E-state index contributed by atoms with van der Waals surface area (Å²) in [5.74, 6) is -0.376. The quantitative estimate of drug-likeness (QED) is 0.387. The summed E-state index contributed by atoms with van der Waals surface area (Å²) in [5.41, 5.74) is 1.42. The molecule has 138 valence electrons. The fourth-order valence-electron chi connectivity index (χ4n) is 2.41. The van der Waals surface area contributed by atoms with Gasteiger partial charge in [-0.15, -0.1) is 0 Å². The van der Waals surface area contributed by atoms with Crippen LogP contribution in [0.3, 0.4) is 0 Å². The zero-order chi connectivity index (χ0) is 19.6. The predicted molar refractivity (Wildman–Crippen MR) is 106 cm³/mol. The van der Waals surface area contributed by atoms with Crippen molar-refractivity contribution in [2.45, 2.75) is 13.5 Å². The molecule has 8 heteroatoms. The molecule has 1 fully saturated rings. The van der Waals surface area contributed by atoms with Crippen LogP contribution in [0, 0.1) is 0 Å². The molecule has 0 spiro atoms. The maximum atomic E-state index is 12.6. The maximum Gasteiger partial charge on any atom is 0.308 e. The van der Waals surface area contributed by atoms with Crippen molar-refractivity contribution in [2.24, 2.45) is 0 Å². The molecule has 0 bridgehead atoms. The van der Waals surface area contributed by atoms with E-state index in [1.807, 2.05) is 0 Å². The van der Waals surface area contributed by atoms with Crippen molar-refractivity contribution >= 4 is 58.2 Å². The number of hydrogen-bond acceptors (Lipinski definition) is 5. The molecule has 1 aliphatic rings. The molecule has 0 aromatic heterocycles. The van der Waals surface area contributed by atoms with Crippen LogP contribution in [0.5, 0.6) is 5.75 Å². The van der Waals surface area contributed by atoms with Gasteiger partial charge >= 0.3 is 5.97 Å². The predicted octanol–water partition coefficient (Wildman–Crippen LogP) is 5.16. The number of thioether (sulfide) groups is 1. The van der Waals surface area contributed by atoms with E-state index in [0.717, 1.165) is 16.7 Å². The maximum absolute atomic E-state index is 12.6. The van der Waals surface area contributed by atoms with Crippen molar-refractivity contribution in [3.05, 3.63) is 68.5 Å². The smallest absolute Gasteiger partial charge is 0.308 e. The molecule has 0 unspecified atom stereocenters. The van der Waals surface area contributed by atoms with E-state index >= 15 is 0 Å². The number of amides is 2. The highest BCUT2D eigenvalue weighted by Crippen LogP contribution is 2.34. The Labute approximate surface area is 169 Å². The van der Waals surface area contributed by atoms with Crippen molar-refractivity contribution in [1.82, 2.24) is 4.90 Å².